The van der Waals surface area contributed by atoms with Crippen LogP contribution >= 0.6 is 0 Å². The average Bonchev–Trinajstić information content (AvgIpc) is 3.43. The van der Waals surface area contributed by atoms with Crippen molar-refractivity contribution in [1.29, 1.82) is 0 Å². The van der Waals surface area contributed by atoms with Crippen LogP contribution in [-0.4, -0.2) is 6.54 Å². The Bertz CT molecular complexity index is 4800. The van der Waals surface area contributed by atoms with Gasteiger partial charge in [0.05, 0.1) is 22.4 Å². The predicted octanol–water partition coefficient (Wildman–Crippen LogP) is 15.7. The summed E-state index contributed by atoms with van der Waals surface area (Å²) in [5.41, 5.74) is 13.9. The molecule has 0 aliphatic heterocycles. The second-order valence-corrected chi connectivity index (χ2v) is 18.8. The van der Waals surface area contributed by atoms with Gasteiger partial charge >= 0.3 is 16.9 Å². The Labute approximate surface area is 420 Å². The van der Waals surface area contributed by atoms with E-state index in [1.165, 1.54) is 0 Å². The van der Waals surface area contributed by atoms with Gasteiger partial charge in [0.2, 0.25) is 0 Å². The Morgan fingerprint density at radius 3 is 1.64 bits per heavy atom. The van der Waals surface area contributed by atoms with E-state index in [-0.39, 0.29) is 5.63 Å². The number of rotatable bonds is 8. The lowest BCUT2D eigenvalue weighted by Crippen LogP contribution is -2.11. The third-order valence-corrected chi connectivity index (χ3v) is 14.6. The lowest BCUT2D eigenvalue weighted by atomic mass is 9.86. The first-order chi connectivity index (χ1) is 36.3. The van der Waals surface area contributed by atoms with Crippen LogP contribution in [-0.2, 0) is 0 Å². The standard InChI is InChI=1S/C65H41N3O6/c1-2-67-42-21-14-40-32-54(64(70)74-60(40)34-42)38-17-24-44(25-18-38)68(43-22-15-37(16-23-43)53-31-39-13-20-41(66)33-59(39)73-63(53)69)57-29-28-51-48-10-5-9-47-46(26-27-50(61(47)48)49-11-6-12-52(57)62(49)51)56-35-55-45-8-4-3-7-36(45)19-30-58(55)72-65(56)71/h3-35,67H,2,66H2,1H3. The van der Waals surface area contributed by atoms with Crippen LogP contribution in [0.4, 0.5) is 28.4 Å². The minimum absolute atomic E-state index is 0.386. The van der Waals surface area contributed by atoms with Crippen LogP contribution in [0, 0.1) is 0 Å². The number of fused-ring (bicyclic) bond motifs is 7. The molecule has 11 aromatic carbocycles. The minimum Gasteiger partial charge on any atom is -0.422 e. The Morgan fingerprint density at radius 1 is 0.405 bits per heavy atom. The van der Waals surface area contributed by atoms with Gasteiger partial charge in [-0.2, -0.15) is 0 Å². The van der Waals surface area contributed by atoms with Crippen molar-refractivity contribution in [2.45, 2.75) is 6.92 Å². The zero-order chi connectivity index (χ0) is 49.8. The van der Waals surface area contributed by atoms with E-state index in [0.29, 0.717) is 44.7 Å². The van der Waals surface area contributed by atoms with Gasteiger partial charge in [-0.1, -0.05) is 109 Å². The molecule has 74 heavy (non-hydrogen) atoms. The summed E-state index contributed by atoms with van der Waals surface area (Å²) in [4.78, 5) is 43.1. The van der Waals surface area contributed by atoms with Gasteiger partial charge in [0.15, 0.2) is 0 Å². The molecule has 9 heteroatoms. The molecule has 0 unspecified atom stereocenters. The van der Waals surface area contributed by atoms with Crippen molar-refractivity contribution in [3.63, 3.8) is 0 Å². The third-order valence-electron chi connectivity index (χ3n) is 14.6. The van der Waals surface area contributed by atoms with Gasteiger partial charge in [-0.25, -0.2) is 14.4 Å². The molecule has 14 aromatic rings. The number of nitrogens with one attached hydrogen (secondary N) is 1. The number of hydrogen-bond donors (Lipinski definition) is 2. The fourth-order valence-electron chi connectivity index (χ4n) is 11.1. The Morgan fingerprint density at radius 2 is 0.946 bits per heavy atom. The molecule has 0 saturated heterocycles. The predicted molar refractivity (Wildman–Crippen MR) is 303 cm³/mol. The zero-order valence-electron chi connectivity index (χ0n) is 39.7. The number of benzene rings is 11. The van der Waals surface area contributed by atoms with Crippen LogP contribution in [0.15, 0.2) is 228 Å². The van der Waals surface area contributed by atoms with Crippen LogP contribution < -0.4 is 32.8 Å². The van der Waals surface area contributed by atoms with Gasteiger partial charge < -0.3 is 29.2 Å². The molecule has 0 spiro atoms. The summed E-state index contributed by atoms with van der Waals surface area (Å²) in [6.45, 7) is 2.77. The first kappa shape index (κ1) is 42.9. The van der Waals surface area contributed by atoms with E-state index in [4.69, 9.17) is 19.0 Å². The van der Waals surface area contributed by atoms with Crippen LogP contribution in [0.3, 0.4) is 0 Å². The normalized spacial score (nSPS) is 11.9. The fraction of sp³-hybridized carbons (Fsp3) is 0.0308. The summed E-state index contributed by atoms with van der Waals surface area (Å²) in [5, 5.41) is 16.3. The van der Waals surface area contributed by atoms with E-state index in [2.05, 4.69) is 83.0 Å². The maximum Gasteiger partial charge on any atom is 0.344 e. The topological polar surface area (TPSA) is 132 Å². The largest absolute Gasteiger partial charge is 0.422 e. The van der Waals surface area contributed by atoms with Crippen LogP contribution in [0.2, 0.25) is 0 Å². The lowest BCUT2D eigenvalue weighted by Gasteiger charge is -2.28. The molecule has 352 valence electrons. The molecule has 0 aliphatic carbocycles. The third kappa shape index (κ3) is 6.74. The highest BCUT2D eigenvalue weighted by atomic mass is 16.4. The molecule has 3 heterocycles. The van der Waals surface area contributed by atoms with E-state index in [0.717, 1.165) is 110 Å². The maximum atomic E-state index is 13.9. The van der Waals surface area contributed by atoms with Crippen LogP contribution in [0.25, 0.3) is 120 Å². The quantitative estimate of drug-likeness (QED) is 0.0661. The Hall–Kier alpha value is -9.99. The molecule has 0 saturated carbocycles. The molecule has 0 bridgehead atoms. The highest BCUT2D eigenvalue weighted by Crippen LogP contribution is 2.48. The number of anilines is 5. The number of nitrogens with two attached hydrogens (primary N) is 1. The molecule has 3 N–H and O–H groups in total. The summed E-state index contributed by atoms with van der Waals surface area (Å²) in [6.07, 6.45) is 0. The highest BCUT2D eigenvalue weighted by molar-refractivity contribution is 6.35. The lowest BCUT2D eigenvalue weighted by molar-refractivity contribution is 0.563. The smallest absolute Gasteiger partial charge is 0.344 e. The molecule has 0 fully saturated rings. The van der Waals surface area contributed by atoms with Gasteiger partial charge in [-0.3, -0.25) is 0 Å². The molecule has 14 rings (SSSR count). The molecule has 0 atom stereocenters. The summed E-state index contributed by atoms with van der Waals surface area (Å²) >= 11 is 0. The van der Waals surface area contributed by atoms with Crippen molar-refractivity contribution in [2.75, 3.05) is 22.5 Å². The maximum absolute atomic E-state index is 13.9. The van der Waals surface area contributed by atoms with Gasteiger partial charge in [-0.15, -0.1) is 0 Å². The molecule has 3 aromatic heterocycles. The second-order valence-electron chi connectivity index (χ2n) is 18.8. The van der Waals surface area contributed by atoms with Gasteiger partial charge in [0.25, 0.3) is 0 Å². The van der Waals surface area contributed by atoms with Crippen molar-refractivity contribution >= 4 is 115 Å². The fourth-order valence-corrected chi connectivity index (χ4v) is 11.1. The molecule has 9 nitrogen and oxygen atoms in total. The number of nitrogen functional groups attached to an aromatic ring is 1. The minimum atomic E-state index is -0.458. The second kappa shape index (κ2) is 16.5. The molecular weight excluding hydrogens is 919 g/mol. The molecule has 0 radical (unpaired) electrons. The Kier molecular flexibility index (Phi) is 9.58. The summed E-state index contributed by atoms with van der Waals surface area (Å²) in [5.74, 6) is 0. The van der Waals surface area contributed by atoms with E-state index in [1.54, 1.807) is 12.1 Å². The van der Waals surface area contributed by atoms with Gasteiger partial charge in [0.1, 0.15) is 16.7 Å². The summed E-state index contributed by atoms with van der Waals surface area (Å²) in [7, 11) is 0. The number of nitrogens with zero attached hydrogens (tertiary/aromatic N) is 1. The van der Waals surface area contributed by atoms with E-state index >= 15 is 0 Å². The summed E-state index contributed by atoms with van der Waals surface area (Å²) < 4.78 is 17.6. The van der Waals surface area contributed by atoms with Crippen molar-refractivity contribution in [1.82, 2.24) is 0 Å². The Balaban J connectivity index is 0.935. The van der Waals surface area contributed by atoms with Crippen molar-refractivity contribution in [3.8, 4) is 33.4 Å². The average molecular weight is 960 g/mol. The van der Waals surface area contributed by atoms with Crippen molar-refractivity contribution in [2.24, 2.45) is 0 Å². The monoisotopic (exact) mass is 959 g/mol. The first-order valence-electron chi connectivity index (χ1n) is 24.5. The van der Waals surface area contributed by atoms with E-state index in [1.807, 2.05) is 122 Å². The van der Waals surface area contributed by atoms with Crippen LogP contribution in [0.1, 0.15) is 6.92 Å². The van der Waals surface area contributed by atoms with E-state index < -0.39 is 11.3 Å². The number of hydrogen-bond acceptors (Lipinski definition) is 9. The van der Waals surface area contributed by atoms with Crippen molar-refractivity contribution < 1.29 is 13.3 Å². The van der Waals surface area contributed by atoms with Gasteiger partial charge in [0, 0.05) is 63.0 Å². The van der Waals surface area contributed by atoms with Gasteiger partial charge in [-0.05, 0) is 151 Å². The van der Waals surface area contributed by atoms with E-state index in [9.17, 15) is 14.4 Å². The SMILES string of the molecule is CCNc1ccc2cc(-c3ccc(N(c4ccc(-c5cc6ccc(N)cc6oc5=O)cc4)c4ccc5c6cccc7c(-c8cc9c(ccc%10ccccc%109)oc8=O)ccc(c8cccc4c85)c76)cc3)c(=O)oc2c1. The molecule has 0 aliphatic rings. The first-order valence-corrected chi connectivity index (χ1v) is 24.5. The van der Waals surface area contributed by atoms with Crippen molar-refractivity contribution in [3.05, 3.63) is 231 Å². The highest BCUT2D eigenvalue weighted by Gasteiger charge is 2.23. The summed E-state index contributed by atoms with van der Waals surface area (Å²) in [6, 6.07) is 65.9. The molecular formula is C65H41N3O6. The molecule has 0 amide bonds. The van der Waals surface area contributed by atoms with Crippen LogP contribution in [0.5, 0.6) is 0 Å². The zero-order valence-corrected chi connectivity index (χ0v) is 39.7.